The van der Waals surface area contributed by atoms with E-state index in [1.54, 1.807) is 5.56 Å². The summed E-state index contributed by atoms with van der Waals surface area (Å²) in [4.78, 5) is 2.49. The Morgan fingerprint density at radius 1 is 0.903 bits per heavy atom. The summed E-state index contributed by atoms with van der Waals surface area (Å²) in [5.41, 5.74) is 8.52. The Morgan fingerprint density at radius 2 is 1.77 bits per heavy atom. The molecule has 1 saturated heterocycles. The molecule has 7 rings (SSSR count). The van der Waals surface area contributed by atoms with Crippen molar-refractivity contribution in [3.63, 3.8) is 0 Å². The third kappa shape index (κ3) is 2.34. The van der Waals surface area contributed by atoms with Gasteiger partial charge in [0.2, 0.25) is 0 Å². The number of aryl methyl sites for hydroxylation is 1. The predicted molar refractivity (Wildman–Crippen MR) is 128 cm³/mol. The number of phenols is 1. The molecule has 1 aliphatic heterocycles. The predicted octanol–water partition coefficient (Wildman–Crippen LogP) is 6.93. The van der Waals surface area contributed by atoms with Crippen LogP contribution in [-0.4, -0.2) is 18.2 Å². The number of nitrogens with zero attached hydrogens (tertiary/aromatic N) is 1. The lowest BCUT2D eigenvalue weighted by atomic mass is 9.66. The standard InChI is InChI=1S/C29H31NO/c1-18-5-9-23-25(13-18)29(17-19-6-7-20(29)14-19)26-16-27(31)24-15-21(8-10-22(24)28(23)26)30-11-3-2-4-12-30/h5,8-10,13,15-16,19-20,31H,2-4,6-7,11-12,14,17H2,1H3. The van der Waals surface area contributed by atoms with Crippen molar-refractivity contribution in [2.24, 2.45) is 11.8 Å². The van der Waals surface area contributed by atoms with Gasteiger partial charge in [-0.05, 0) is 103 Å². The van der Waals surface area contributed by atoms with Crippen LogP contribution in [0.15, 0.2) is 42.5 Å². The Balaban J connectivity index is 1.48. The summed E-state index contributed by atoms with van der Waals surface area (Å²) in [5.74, 6) is 2.05. The second-order valence-corrected chi connectivity index (χ2v) is 10.7. The van der Waals surface area contributed by atoms with E-state index in [4.69, 9.17) is 0 Å². The van der Waals surface area contributed by atoms with Gasteiger partial charge in [0.25, 0.3) is 0 Å². The fourth-order valence-corrected chi connectivity index (χ4v) is 7.76. The number of benzene rings is 3. The maximum absolute atomic E-state index is 11.3. The van der Waals surface area contributed by atoms with Crippen molar-refractivity contribution in [3.05, 3.63) is 59.2 Å². The normalized spacial score (nSPS) is 28.5. The number of aromatic hydroxyl groups is 1. The van der Waals surface area contributed by atoms with Gasteiger partial charge in [-0.15, -0.1) is 0 Å². The first-order valence-corrected chi connectivity index (χ1v) is 12.3. The number of phenolic OH excluding ortho intramolecular Hbond substituents is 1. The molecule has 3 unspecified atom stereocenters. The number of hydrogen-bond donors (Lipinski definition) is 1. The van der Waals surface area contributed by atoms with Crippen LogP contribution in [0.1, 0.15) is 61.6 Å². The van der Waals surface area contributed by atoms with Crippen molar-refractivity contribution in [3.8, 4) is 16.9 Å². The van der Waals surface area contributed by atoms with Gasteiger partial charge in [-0.1, -0.05) is 36.2 Å². The molecule has 158 valence electrons. The molecule has 2 nitrogen and oxygen atoms in total. The Hall–Kier alpha value is -2.48. The van der Waals surface area contributed by atoms with E-state index in [-0.39, 0.29) is 5.41 Å². The minimum absolute atomic E-state index is 0.122. The summed E-state index contributed by atoms with van der Waals surface area (Å²) in [6.07, 6.45) is 9.23. The van der Waals surface area contributed by atoms with Gasteiger partial charge in [-0.25, -0.2) is 0 Å². The van der Waals surface area contributed by atoms with E-state index in [1.165, 1.54) is 78.3 Å². The van der Waals surface area contributed by atoms with E-state index in [0.29, 0.717) is 5.75 Å². The zero-order valence-electron chi connectivity index (χ0n) is 18.5. The van der Waals surface area contributed by atoms with Crippen LogP contribution in [0.25, 0.3) is 21.9 Å². The molecule has 1 spiro atoms. The highest BCUT2D eigenvalue weighted by Crippen LogP contribution is 2.67. The average Bonchev–Trinajstić information content (AvgIpc) is 3.48. The number of rotatable bonds is 1. The quantitative estimate of drug-likeness (QED) is 0.471. The van der Waals surface area contributed by atoms with Crippen LogP contribution >= 0.6 is 0 Å². The van der Waals surface area contributed by atoms with Crippen LogP contribution in [0.4, 0.5) is 5.69 Å². The van der Waals surface area contributed by atoms with Crippen molar-refractivity contribution in [1.82, 2.24) is 0 Å². The largest absolute Gasteiger partial charge is 0.507 e. The van der Waals surface area contributed by atoms with Gasteiger partial charge in [0, 0.05) is 29.6 Å². The summed E-state index contributed by atoms with van der Waals surface area (Å²) in [7, 11) is 0. The van der Waals surface area contributed by atoms with Crippen LogP contribution in [0.3, 0.4) is 0 Å². The highest BCUT2D eigenvalue weighted by Gasteiger charge is 2.57. The van der Waals surface area contributed by atoms with Gasteiger partial charge in [-0.3, -0.25) is 0 Å². The molecule has 3 aromatic carbocycles. The maximum Gasteiger partial charge on any atom is 0.123 e. The minimum Gasteiger partial charge on any atom is -0.507 e. The third-order valence-electron chi connectivity index (χ3n) is 9.07. The first kappa shape index (κ1) is 18.1. The number of anilines is 1. The van der Waals surface area contributed by atoms with E-state index in [9.17, 15) is 5.11 Å². The molecule has 3 aromatic rings. The molecule has 2 heteroatoms. The number of piperidine rings is 1. The van der Waals surface area contributed by atoms with E-state index >= 15 is 0 Å². The van der Waals surface area contributed by atoms with E-state index < -0.39 is 0 Å². The van der Waals surface area contributed by atoms with Crippen LogP contribution in [0.2, 0.25) is 0 Å². The van der Waals surface area contributed by atoms with Gasteiger partial charge < -0.3 is 10.0 Å². The van der Waals surface area contributed by atoms with Crippen LogP contribution in [-0.2, 0) is 5.41 Å². The van der Waals surface area contributed by atoms with Crippen molar-refractivity contribution >= 4 is 16.5 Å². The maximum atomic E-state index is 11.3. The van der Waals surface area contributed by atoms with E-state index in [0.717, 1.165) is 30.3 Å². The van der Waals surface area contributed by atoms with Gasteiger partial charge in [0.05, 0.1) is 0 Å². The SMILES string of the molecule is Cc1ccc2c(c1)C1(CC3CCC1C3)c1cc(O)c3cc(N4CCCCC4)ccc3c1-2. The number of fused-ring (bicyclic) bond motifs is 10. The molecule has 2 bridgehead atoms. The molecule has 3 atom stereocenters. The summed E-state index contributed by atoms with van der Waals surface area (Å²) in [6, 6.07) is 16.1. The Morgan fingerprint density at radius 3 is 2.55 bits per heavy atom. The lowest BCUT2D eigenvalue weighted by Crippen LogP contribution is -2.31. The molecule has 31 heavy (non-hydrogen) atoms. The zero-order chi connectivity index (χ0) is 20.7. The van der Waals surface area contributed by atoms with Crippen molar-refractivity contribution in [2.75, 3.05) is 18.0 Å². The summed E-state index contributed by atoms with van der Waals surface area (Å²) in [5, 5.41) is 13.5. The van der Waals surface area contributed by atoms with Crippen molar-refractivity contribution in [1.29, 1.82) is 0 Å². The second kappa shape index (κ2) is 6.28. The first-order valence-electron chi connectivity index (χ1n) is 12.3. The third-order valence-corrected chi connectivity index (χ3v) is 9.07. The summed E-state index contributed by atoms with van der Waals surface area (Å²) >= 11 is 0. The molecule has 0 amide bonds. The Bertz CT molecular complexity index is 1220. The van der Waals surface area contributed by atoms with Crippen LogP contribution in [0.5, 0.6) is 5.75 Å². The Labute approximate surface area is 184 Å². The monoisotopic (exact) mass is 409 g/mol. The molecular weight excluding hydrogens is 378 g/mol. The van der Waals surface area contributed by atoms with Crippen LogP contribution in [0, 0.1) is 18.8 Å². The molecule has 3 fully saturated rings. The molecule has 0 aromatic heterocycles. The summed E-state index contributed by atoms with van der Waals surface area (Å²) < 4.78 is 0. The molecule has 0 radical (unpaired) electrons. The zero-order valence-corrected chi connectivity index (χ0v) is 18.5. The van der Waals surface area contributed by atoms with Crippen LogP contribution < -0.4 is 4.90 Å². The van der Waals surface area contributed by atoms with Crippen molar-refractivity contribution < 1.29 is 5.11 Å². The first-order chi connectivity index (χ1) is 15.1. The van der Waals surface area contributed by atoms with Crippen molar-refractivity contribution in [2.45, 2.75) is 57.3 Å². The molecule has 1 heterocycles. The topological polar surface area (TPSA) is 23.5 Å². The average molecular weight is 410 g/mol. The second-order valence-electron chi connectivity index (χ2n) is 10.7. The lowest BCUT2D eigenvalue weighted by Gasteiger charge is -2.36. The summed E-state index contributed by atoms with van der Waals surface area (Å²) in [6.45, 7) is 4.49. The van der Waals surface area contributed by atoms with Gasteiger partial charge >= 0.3 is 0 Å². The van der Waals surface area contributed by atoms with E-state index in [1.807, 2.05) is 0 Å². The molecule has 3 aliphatic carbocycles. The van der Waals surface area contributed by atoms with E-state index in [2.05, 4.69) is 54.3 Å². The highest BCUT2D eigenvalue weighted by molar-refractivity contribution is 6.06. The molecule has 1 N–H and O–H groups in total. The highest BCUT2D eigenvalue weighted by atomic mass is 16.3. The number of hydrogen-bond acceptors (Lipinski definition) is 2. The fraction of sp³-hybridized carbons (Fsp3) is 0.448. The smallest absolute Gasteiger partial charge is 0.123 e. The van der Waals surface area contributed by atoms with Gasteiger partial charge in [-0.2, -0.15) is 0 Å². The fourth-order valence-electron chi connectivity index (χ4n) is 7.76. The van der Waals surface area contributed by atoms with Gasteiger partial charge in [0.1, 0.15) is 5.75 Å². The molecular formula is C29H31NO. The lowest BCUT2D eigenvalue weighted by molar-refractivity contribution is 0.326. The molecule has 2 saturated carbocycles. The minimum atomic E-state index is 0.122. The van der Waals surface area contributed by atoms with Gasteiger partial charge in [0.15, 0.2) is 0 Å². The molecule has 4 aliphatic rings. The Kier molecular flexibility index (Phi) is 3.67.